The van der Waals surface area contributed by atoms with Gasteiger partial charge in [0.15, 0.2) is 0 Å². The monoisotopic (exact) mass is 2220 g/mol. The fourth-order valence-electron chi connectivity index (χ4n) is 19.9. The van der Waals surface area contributed by atoms with E-state index >= 15 is 0 Å². The number of rotatable bonds is 72. The van der Waals surface area contributed by atoms with E-state index in [1.54, 1.807) is 25.6 Å². The Morgan fingerprint density at radius 1 is 0.263 bits per heavy atom. The molecule has 0 saturated carbocycles. The van der Waals surface area contributed by atoms with Crippen molar-refractivity contribution in [2.75, 3.05) is 39.5 Å². The van der Waals surface area contributed by atoms with Crippen LogP contribution >= 0.6 is 99.9 Å². The topological polar surface area (TPSA) is 112 Å². The maximum absolute atomic E-state index is 14.2. The standard InChI is InChI=1S/C58H85NO4S3.C39H57O2S2.C18H25Br2NO2S.3CH3.Sn/c1-6-9-12-15-18-21-24-27-30-33-36-59-57(60)50-44(5)65-56(53(50)58(59)61)49-42-46-41-48(63-38-35-32-29-26-23-20-17-14-11-8-3)51-52(55(46)66-49)47(40-45-39-43(4)64-54(45)51)62-37-34-31-28-25-22-19-16-13-10-7-2;1-4-6-8-10-12-14-16-18-20-22-25-40-34-29-32-24-27-42-38(32)36-35(30-33-28-31(3)43-39(33)37(34)36)41-26-23-21-19-17-15-13-11-9-7-5-2;1-2-3-4-5-6-7-8-9-10-11-12-21-17(22)13-14(18(21)23)16(20)24-15(13)19;;;;/h39-42H,6-38H2,1-5H3;24,28-30H,4-23,25-26H2,1-3H3;2-12H2,1H3;3*1H3;. The van der Waals surface area contributed by atoms with Gasteiger partial charge in [0.05, 0.1) is 47.9 Å². The summed E-state index contributed by atoms with van der Waals surface area (Å²) < 4.78 is 35.5. The van der Waals surface area contributed by atoms with E-state index in [4.69, 9.17) is 18.9 Å². The number of fused-ring (bicyclic) bond motifs is 12. The van der Waals surface area contributed by atoms with Gasteiger partial charge < -0.3 is 9.47 Å². The molecule has 12 rings (SSSR count). The first-order valence-electron chi connectivity index (χ1n) is 55.5. The first kappa shape index (κ1) is 115. The van der Waals surface area contributed by atoms with Gasteiger partial charge in [-0.1, -0.05) is 337 Å². The summed E-state index contributed by atoms with van der Waals surface area (Å²) in [6, 6.07) is 18.6. The molecule has 0 radical (unpaired) electrons. The van der Waals surface area contributed by atoms with Crippen molar-refractivity contribution >= 4 is 207 Å². The van der Waals surface area contributed by atoms with Crippen LogP contribution in [0.1, 0.15) is 483 Å². The van der Waals surface area contributed by atoms with Gasteiger partial charge in [-0.25, -0.2) is 0 Å². The molecule has 0 saturated heterocycles. The van der Waals surface area contributed by atoms with E-state index < -0.39 is 18.4 Å². The van der Waals surface area contributed by atoms with Crippen molar-refractivity contribution in [1.29, 1.82) is 0 Å². The number of hydrogen-bond acceptors (Lipinski definition) is 14. The average Bonchev–Trinajstić information content (AvgIpc) is 1.58. The minimum atomic E-state index is -2.27. The molecular weight excluding hydrogens is 2040 g/mol. The van der Waals surface area contributed by atoms with E-state index in [1.165, 1.54) is 406 Å². The maximum atomic E-state index is 14.2. The van der Waals surface area contributed by atoms with Gasteiger partial charge in [-0.3, -0.25) is 29.0 Å². The Hall–Kier alpha value is -4.12. The quantitative estimate of drug-likeness (QED) is 0.0211. The van der Waals surface area contributed by atoms with Gasteiger partial charge in [0.2, 0.25) is 0 Å². The van der Waals surface area contributed by atoms with Crippen molar-refractivity contribution in [2.45, 2.75) is 462 Å². The molecular formula is C118H176Br2N2O8S6Sn. The van der Waals surface area contributed by atoms with Gasteiger partial charge in [-0.05, 0) is 106 Å². The van der Waals surface area contributed by atoms with Gasteiger partial charge in [0.1, 0.15) is 11.5 Å². The Balaban J connectivity index is 0.000000236. The zero-order valence-corrected chi connectivity index (χ0v) is 98.1. The SMILES string of the molecule is CCCCCCCCCCCCN1C(=O)c2c(Br)sc(Br)c2C1=O.CCCCCCCCCCCCOc1cc2c[c]([Sn]([CH3])([CH3])[CH3])sc2c2c(OCCCCCCCCCCCC)cc3cc(C)sc3c12.CCCCCCCCCCCCOc1cc2cc(-c3sc(C)c4c3C(=O)N(CCCCCCCCCCCC)C4=O)sc2c2c(OCCCCCCCCCCCC)cc3cc(C)sc3c12. The third-order valence-corrected chi connectivity index (χ3v) is 45.8. The first-order valence-corrected chi connectivity index (χ1v) is 72.0. The zero-order valence-electron chi connectivity index (χ0n) is 87.2. The largest absolute Gasteiger partial charge is 0.493 e. The smallest absolute Gasteiger partial charge is 0.263 e. The van der Waals surface area contributed by atoms with Crippen molar-refractivity contribution in [3.05, 3.63) is 93.0 Å². The Bertz CT molecular complexity index is 5170. The summed E-state index contributed by atoms with van der Waals surface area (Å²) in [5.74, 6) is 3.44. The normalized spacial score (nSPS) is 12.8. The Morgan fingerprint density at radius 2 is 0.504 bits per heavy atom. The molecule has 0 fully saturated rings. The molecule has 2 aliphatic rings. The molecule has 137 heavy (non-hydrogen) atoms. The molecule has 2 aliphatic heterocycles. The maximum Gasteiger partial charge on any atom is 0.263 e. The molecule has 760 valence electrons. The van der Waals surface area contributed by atoms with Crippen LogP contribution in [0.4, 0.5) is 0 Å². The third-order valence-electron chi connectivity index (χ3n) is 28.0. The molecule has 4 aromatic carbocycles. The van der Waals surface area contributed by atoms with Gasteiger partial charge in [0.25, 0.3) is 23.6 Å². The van der Waals surface area contributed by atoms with Crippen molar-refractivity contribution in [3.8, 4) is 32.8 Å². The molecule has 0 unspecified atom stereocenters. The number of hydrogen-bond donors (Lipinski definition) is 0. The predicted molar refractivity (Wildman–Crippen MR) is 613 cm³/mol. The summed E-state index contributed by atoms with van der Waals surface area (Å²) in [7, 11) is 0. The second-order valence-electron chi connectivity index (χ2n) is 41.0. The second kappa shape index (κ2) is 64.0. The van der Waals surface area contributed by atoms with Gasteiger partial charge >= 0.3 is 224 Å². The molecule has 6 aromatic heterocycles. The number of carbonyl (C=O) groups excluding carboxylic acids is 4. The van der Waals surface area contributed by atoms with Crippen molar-refractivity contribution in [3.63, 3.8) is 0 Å². The summed E-state index contributed by atoms with van der Waals surface area (Å²) in [6.07, 6.45) is 77.4. The van der Waals surface area contributed by atoms with Crippen LogP contribution in [0.15, 0.2) is 56.1 Å². The minimum absolute atomic E-state index is 0.113. The molecule has 0 spiro atoms. The third kappa shape index (κ3) is 35.6. The number of ether oxygens (including phenoxy) is 4. The molecule has 4 amide bonds. The molecule has 8 heterocycles. The van der Waals surface area contributed by atoms with Crippen LogP contribution in [0.5, 0.6) is 23.0 Å². The molecule has 19 heteroatoms. The fraction of sp³-hybridized carbons (Fsp3) is 0.661. The predicted octanol–water partition coefficient (Wildman–Crippen LogP) is 41.2. The zero-order chi connectivity index (χ0) is 97.5. The van der Waals surface area contributed by atoms with Crippen molar-refractivity contribution in [1.82, 2.24) is 9.80 Å². The summed E-state index contributed by atoms with van der Waals surface area (Å²) in [4.78, 5) is 69.0. The molecule has 0 atom stereocenters. The van der Waals surface area contributed by atoms with E-state index in [0.29, 0.717) is 48.6 Å². The van der Waals surface area contributed by atoms with Gasteiger partial charge in [-0.15, -0.1) is 45.3 Å². The van der Waals surface area contributed by atoms with E-state index in [9.17, 15) is 19.2 Å². The second-order valence-corrected chi connectivity index (χ2v) is 65.9. The van der Waals surface area contributed by atoms with Crippen LogP contribution < -0.4 is 21.8 Å². The molecule has 0 N–H and O–H groups in total. The fourth-order valence-corrected chi connectivity index (χ4v) is 34.0. The van der Waals surface area contributed by atoms with Crippen LogP contribution in [0, 0.1) is 20.8 Å². The Kier molecular flexibility index (Phi) is 53.6. The minimum Gasteiger partial charge on any atom is -0.493 e. The van der Waals surface area contributed by atoms with Crippen LogP contribution in [0.3, 0.4) is 0 Å². The van der Waals surface area contributed by atoms with Gasteiger partial charge in [0, 0.05) is 47.9 Å². The van der Waals surface area contributed by atoms with Crippen LogP contribution in [0.2, 0.25) is 14.8 Å². The summed E-state index contributed by atoms with van der Waals surface area (Å²) in [6.45, 7) is 24.1. The van der Waals surface area contributed by atoms with Crippen molar-refractivity contribution in [2.24, 2.45) is 0 Å². The Morgan fingerprint density at radius 3 is 0.796 bits per heavy atom. The number of imide groups is 2. The number of nitrogens with zero attached hydrogens (tertiary/aromatic N) is 2. The molecule has 0 aliphatic carbocycles. The number of aryl methyl sites for hydroxylation is 3. The molecule has 0 bridgehead atoms. The Labute approximate surface area is 873 Å². The van der Waals surface area contributed by atoms with Crippen LogP contribution in [-0.2, 0) is 0 Å². The number of thiophene rings is 6. The number of unbranched alkanes of at least 4 members (excludes halogenated alkanes) is 54. The number of halogens is 2. The molecule has 10 nitrogen and oxygen atoms in total. The summed E-state index contributed by atoms with van der Waals surface area (Å²) in [5, 5.41) is 9.82. The van der Waals surface area contributed by atoms with E-state index in [-0.39, 0.29) is 23.6 Å². The molecule has 10 aromatic rings. The van der Waals surface area contributed by atoms with E-state index in [1.807, 2.05) is 40.9 Å². The van der Waals surface area contributed by atoms with E-state index in [2.05, 4.69) is 151 Å². The average molecular weight is 2220 g/mol. The van der Waals surface area contributed by atoms with Gasteiger partial charge in [-0.2, -0.15) is 0 Å². The summed E-state index contributed by atoms with van der Waals surface area (Å²) in [5.41, 5.74) is 2.29. The first-order chi connectivity index (χ1) is 66.8. The number of benzene rings is 4. The number of amides is 4. The summed E-state index contributed by atoms with van der Waals surface area (Å²) >= 11 is 15.0. The number of carbonyl (C=O) groups is 4. The van der Waals surface area contributed by atoms with E-state index in [0.717, 1.165) is 131 Å². The van der Waals surface area contributed by atoms with Crippen LogP contribution in [-0.4, -0.2) is 91.3 Å². The van der Waals surface area contributed by atoms with Crippen LogP contribution in [0.25, 0.3) is 71.6 Å². The van der Waals surface area contributed by atoms with Crippen molar-refractivity contribution < 1.29 is 38.1 Å².